The third-order valence-corrected chi connectivity index (χ3v) is 4.14. The maximum atomic E-state index is 13.9. The number of pyridine rings is 1. The van der Waals surface area contributed by atoms with Gasteiger partial charge in [0.1, 0.15) is 11.9 Å². The first-order valence-electron chi connectivity index (χ1n) is 7.64. The van der Waals surface area contributed by atoms with Crippen LogP contribution in [0.3, 0.4) is 0 Å². The zero-order valence-corrected chi connectivity index (χ0v) is 13.1. The average molecular weight is 318 g/mol. The molecule has 0 saturated carbocycles. The van der Waals surface area contributed by atoms with Gasteiger partial charge < -0.3 is 9.30 Å². The fourth-order valence-corrected chi connectivity index (χ4v) is 2.92. The van der Waals surface area contributed by atoms with Gasteiger partial charge in [-0.2, -0.15) is 0 Å². The minimum absolute atomic E-state index is 0.0296. The molecule has 3 rings (SSSR count). The molecule has 1 saturated heterocycles. The van der Waals surface area contributed by atoms with E-state index in [0.29, 0.717) is 13.0 Å². The zero-order chi connectivity index (χ0) is 16.4. The standard InChI is InChI=1S/C16H19FN4O2/c1-3-21-9-8-19-15(21)13-11(6-10-23-13)16(22)20(2)14-12(17)5-4-7-18-14/h4-5,7-9,11,13H,3,6,10H2,1-2H3/t11-,13-/m1/s1. The Morgan fingerprint density at radius 1 is 1.48 bits per heavy atom. The normalized spacial score (nSPS) is 20.7. The van der Waals surface area contributed by atoms with E-state index in [4.69, 9.17) is 4.74 Å². The summed E-state index contributed by atoms with van der Waals surface area (Å²) in [7, 11) is 1.54. The van der Waals surface area contributed by atoms with E-state index in [-0.39, 0.29) is 11.7 Å². The summed E-state index contributed by atoms with van der Waals surface area (Å²) in [5, 5.41) is 0. The van der Waals surface area contributed by atoms with E-state index in [0.717, 1.165) is 12.4 Å². The van der Waals surface area contributed by atoms with E-state index >= 15 is 0 Å². The number of aryl methyl sites for hydroxylation is 1. The molecule has 1 fully saturated rings. The molecule has 0 unspecified atom stereocenters. The highest BCUT2D eigenvalue weighted by molar-refractivity contribution is 5.94. The Morgan fingerprint density at radius 3 is 3.04 bits per heavy atom. The average Bonchev–Trinajstić information content (AvgIpc) is 3.22. The van der Waals surface area contributed by atoms with Gasteiger partial charge in [-0.15, -0.1) is 0 Å². The summed E-state index contributed by atoms with van der Waals surface area (Å²) in [5.41, 5.74) is 0. The largest absolute Gasteiger partial charge is 0.369 e. The molecule has 0 aromatic carbocycles. The van der Waals surface area contributed by atoms with Crippen LogP contribution in [0, 0.1) is 11.7 Å². The molecule has 2 atom stereocenters. The van der Waals surface area contributed by atoms with Crippen molar-refractivity contribution in [2.24, 2.45) is 5.92 Å². The number of nitrogens with zero attached hydrogens (tertiary/aromatic N) is 4. The number of rotatable bonds is 4. The summed E-state index contributed by atoms with van der Waals surface area (Å²) in [6.45, 7) is 3.24. The fourth-order valence-electron chi connectivity index (χ4n) is 2.92. The number of hydrogen-bond donors (Lipinski definition) is 0. The lowest BCUT2D eigenvalue weighted by Gasteiger charge is -2.24. The third-order valence-electron chi connectivity index (χ3n) is 4.14. The molecule has 122 valence electrons. The molecule has 0 bridgehead atoms. The van der Waals surface area contributed by atoms with E-state index in [9.17, 15) is 9.18 Å². The highest BCUT2D eigenvalue weighted by Gasteiger charge is 2.39. The third kappa shape index (κ3) is 2.84. The van der Waals surface area contributed by atoms with Crippen LogP contribution >= 0.6 is 0 Å². The summed E-state index contributed by atoms with van der Waals surface area (Å²) in [4.78, 5) is 22.4. The van der Waals surface area contributed by atoms with Gasteiger partial charge in [0.2, 0.25) is 5.91 Å². The molecule has 0 spiro atoms. The Kier molecular flexibility index (Phi) is 4.38. The predicted molar refractivity (Wildman–Crippen MR) is 82.3 cm³/mol. The molecule has 23 heavy (non-hydrogen) atoms. The van der Waals surface area contributed by atoms with Gasteiger partial charge in [0, 0.05) is 38.8 Å². The fraction of sp³-hybridized carbons (Fsp3) is 0.438. The smallest absolute Gasteiger partial charge is 0.234 e. The maximum Gasteiger partial charge on any atom is 0.234 e. The van der Waals surface area contributed by atoms with Crippen LogP contribution in [0.2, 0.25) is 0 Å². The van der Waals surface area contributed by atoms with Crippen molar-refractivity contribution < 1.29 is 13.9 Å². The van der Waals surface area contributed by atoms with Crippen LogP contribution in [0.4, 0.5) is 10.2 Å². The highest BCUT2D eigenvalue weighted by Crippen LogP contribution is 2.35. The first-order valence-corrected chi connectivity index (χ1v) is 7.64. The SMILES string of the molecule is CCn1ccnc1[C@@H]1OCC[C@H]1C(=O)N(C)c1ncccc1F. The number of hydrogen-bond acceptors (Lipinski definition) is 4. The van der Waals surface area contributed by atoms with E-state index in [2.05, 4.69) is 9.97 Å². The summed E-state index contributed by atoms with van der Waals surface area (Å²) in [5.74, 6) is -0.362. The predicted octanol–water partition coefficient (Wildman–Crippen LogP) is 2.18. The van der Waals surface area contributed by atoms with Crippen LogP contribution in [-0.2, 0) is 16.1 Å². The van der Waals surface area contributed by atoms with Crippen molar-refractivity contribution in [3.05, 3.63) is 42.4 Å². The van der Waals surface area contributed by atoms with Crippen LogP contribution in [0.15, 0.2) is 30.7 Å². The molecule has 1 aliphatic rings. The molecular weight excluding hydrogens is 299 g/mol. The number of carbonyl (C=O) groups excluding carboxylic acids is 1. The van der Waals surface area contributed by atoms with Crippen molar-refractivity contribution in [2.45, 2.75) is 26.0 Å². The molecular formula is C16H19FN4O2. The molecule has 3 heterocycles. The number of imidazole rings is 1. The lowest BCUT2D eigenvalue weighted by molar-refractivity contribution is -0.124. The van der Waals surface area contributed by atoms with Crippen LogP contribution in [-0.4, -0.2) is 34.1 Å². The van der Waals surface area contributed by atoms with Crippen LogP contribution < -0.4 is 4.90 Å². The van der Waals surface area contributed by atoms with Gasteiger partial charge in [0.15, 0.2) is 11.6 Å². The van der Waals surface area contributed by atoms with Crippen LogP contribution in [0.1, 0.15) is 25.3 Å². The van der Waals surface area contributed by atoms with E-state index < -0.39 is 17.8 Å². The van der Waals surface area contributed by atoms with Gasteiger partial charge in [0.05, 0.1) is 5.92 Å². The number of halogens is 1. The van der Waals surface area contributed by atoms with Gasteiger partial charge >= 0.3 is 0 Å². The Balaban J connectivity index is 1.85. The van der Waals surface area contributed by atoms with Crippen molar-refractivity contribution in [1.82, 2.24) is 14.5 Å². The molecule has 0 aliphatic carbocycles. The van der Waals surface area contributed by atoms with Crippen molar-refractivity contribution >= 4 is 11.7 Å². The molecule has 2 aromatic rings. The molecule has 6 nitrogen and oxygen atoms in total. The minimum Gasteiger partial charge on any atom is -0.369 e. The van der Waals surface area contributed by atoms with Crippen molar-refractivity contribution in [3.63, 3.8) is 0 Å². The Hall–Kier alpha value is -2.28. The zero-order valence-electron chi connectivity index (χ0n) is 13.1. The monoisotopic (exact) mass is 318 g/mol. The van der Waals surface area contributed by atoms with E-state index in [1.807, 2.05) is 17.7 Å². The molecule has 0 N–H and O–H groups in total. The second kappa shape index (κ2) is 6.45. The van der Waals surface area contributed by atoms with Crippen molar-refractivity contribution in [3.8, 4) is 0 Å². The number of carbonyl (C=O) groups is 1. The highest BCUT2D eigenvalue weighted by atomic mass is 19.1. The molecule has 2 aromatic heterocycles. The Morgan fingerprint density at radius 2 is 2.30 bits per heavy atom. The number of amides is 1. The second-order valence-corrected chi connectivity index (χ2v) is 5.46. The second-order valence-electron chi connectivity index (χ2n) is 5.46. The van der Waals surface area contributed by atoms with Crippen LogP contribution in [0.5, 0.6) is 0 Å². The topological polar surface area (TPSA) is 60.3 Å². The molecule has 0 radical (unpaired) electrons. The lowest BCUT2D eigenvalue weighted by atomic mass is 9.99. The summed E-state index contributed by atoms with van der Waals surface area (Å²) < 4.78 is 21.6. The van der Waals surface area contributed by atoms with E-state index in [1.165, 1.54) is 30.3 Å². The van der Waals surface area contributed by atoms with Crippen molar-refractivity contribution in [2.75, 3.05) is 18.6 Å². The summed E-state index contributed by atoms with van der Waals surface area (Å²) >= 11 is 0. The maximum absolute atomic E-state index is 13.9. The molecule has 1 amide bonds. The van der Waals surface area contributed by atoms with Gasteiger partial charge in [-0.25, -0.2) is 14.4 Å². The first kappa shape index (κ1) is 15.6. The number of ether oxygens (including phenoxy) is 1. The van der Waals surface area contributed by atoms with Gasteiger partial charge in [-0.05, 0) is 25.5 Å². The van der Waals surface area contributed by atoms with Gasteiger partial charge in [-0.1, -0.05) is 0 Å². The summed E-state index contributed by atoms with van der Waals surface area (Å²) in [6, 6.07) is 2.79. The quantitative estimate of drug-likeness (QED) is 0.867. The first-order chi connectivity index (χ1) is 11.1. The molecule has 7 heteroatoms. The Labute approximate surface area is 133 Å². The number of anilines is 1. The van der Waals surface area contributed by atoms with Gasteiger partial charge in [0.25, 0.3) is 0 Å². The number of aromatic nitrogens is 3. The minimum atomic E-state index is -0.520. The van der Waals surface area contributed by atoms with Crippen molar-refractivity contribution in [1.29, 1.82) is 0 Å². The molecule has 1 aliphatic heterocycles. The Bertz CT molecular complexity index is 703. The van der Waals surface area contributed by atoms with Gasteiger partial charge in [-0.3, -0.25) is 9.69 Å². The van der Waals surface area contributed by atoms with E-state index in [1.54, 1.807) is 6.20 Å². The lowest BCUT2D eigenvalue weighted by Crippen LogP contribution is -2.36. The van der Waals surface area contributed by atoms with Crippen LogP contribution in [0.25, 0.3) is 0 Å². The summed E-state index contributed by atoms with van der Waals surface area (Å²) in [6.07, 6.45) is 5.20.